The molecule has 33 heavy (non-hydrogen) atoms. The lowest BCUT2D eigenvalue weighted by atomic mass is 9.87. The summed E-state index contributed by atoms with van der Waals surface area (Å²) in [5.41, 5.74) is 1.40. The molecule has 4 N–H and O–H groups in total. The lowest BCUT2D eigenvalue weighted by Crippen LogP contribution is -2.57. The molecular weight excluding hydrogens is 430 g/mol. The molecule has 1 fully saturated rings. The van der Waals surface area contributed by atoms with Crippen LogP contribution in [0, 0.1) is 11.6 Å². The van der Waals surface area contributed by atoms with Crippen LogP contribution >= 0.6 is 0 Å². The Bertz CT molecular complexity index is 964. The van der Waals surface area contributed by atoms with Crippen LogP contribution in [0.25, 0.3) is 0 Å². The van der Waals surface area contributed by atoms with Gasteiger partial charge in [0.05, 0.1) is 17.7 Å². The number of aryl methyl sites for hydroxylation is 1. The highest BCUT2D eigenvalue weighted by atomic mass is 19.1. The highest BCUT2D eigenvalue weighted by Gasteiger charge is 2.32. The van der Waals surface area contributed by atoms with Crippen LogP contribution in [0.2, 0.25) is 0 Å². The van der Waals surface area contributed by atoms with E-state index >= 15 is 0 Å². The Morgan fingerprint density at radius 2 is 1.85 bits per heavy atom. The van der Waals surface area contributed by atoms with Gasteiger partial charge in [0.15, 0.2) is 0 Å². The number of hydrogen-bond donors (Lipinski definition) is 4. The number of halogens is 2. The number of aliphatic hydroxyl groups excluding tert-OH is 1. The molecule has 1 heterocycles. The molecule has 2 aromatic carbocycles. The lowest BCUT2D eigenvalue weighted by molar-refractivity contribution is -0.120. The third-order valence-electron chi connectivity index (χ3n) is 6.12. The van der Waals surface area contributed by atoms with Crippen molar-refractivity contribution in [2.45, 2.75) is 69.7 Å². The molecule has 1 aliphatic heterocycles. The van der Waals surface area contributed by atoms with E-state index in [-0.39, 0.29) is 30.0 Å². The van der Waals surface area contributed by atoms with Crippen molar-refractivity contribution in [1.29, 1.82) is 0 Å². The fourth-order valence-electron chi connectivity index (χ4n) is 4.61. The highest BCUT2D eigenvalue weighted by molar-refractivity contribution is 5.89. The summed E-state index contributed by atoms with van der Waals surface area (Å²) < 4.78 is 27.2. The van der Waals surface area contributed by atoms with Gasteiger partial charge in [-0.3, -0.25) is 4.79 Å². The number of piperidine rings is 1. The van der Waals surface area contributed by atoms with Gasteiger partial charge in [0.1, 0.15) is 11.6 Å². The van der Waals surface area contributed by atoms with Crippen LogP contribution in [-0.4, -0.2) is 46.3 Å². The second kappa shape index (κ2) is 11.3. The Hall–Kier alpha value is -2.84. The van der Waals surface area contributed by atoms with Crippen molar-refractivity contribution in [2.24, 2.45) is 0 Å². The Morgan fingerprint density at radius 1 is 1.15 bits per heavy atom. The predicted octanol–water partition coefficient (Wildman–Crippen LogP) is 3.21. The first kappa shape index (κ1) is 24.8. The first-order valence-corrected chi connectivity index (χ1v) is 11.2. The Kier molecular flexibility index (Phi) is 8.52. The van der Waals surface area contributed by atoms with Gasteiger partial charge in [-0.1, -0.05) is 24.6 Å². The van der Waals surface area contributed by atoms with Crippen molar-refractivity contribution < 1.29 is 28.6 Å². The molecule has 4 unspecified atom stereocenters. The summed E-state index contributed by atoms with van der Waals surface area (Å²) in [4.78, 5) is 23.2. The van der Waals surface area contributed by atoms with E-state index in [2.05, 4.69) is 10.6 Å². The summed E-state index contributed by atoms with van der Waals surface area (Å²) in [5, 5.41) is 26.6. The zero-order chi connectivity index (χ0) is 24.0. The van der Waals surface area contributed by atoms with Crippen LogP contribution < -0.4 is 10.6 Å². The number of carbonyl (C=O) groups is 2. The van der Waals surface area contributed by atoms with Crippen molar-refractivity contribution in [3.05, 3.63) is 70.8 Å². The number of carboxylic acids is 1. The highest BCUT2D eigenvalue weighted by Crippen LogP contribution is 2.22. The zero-order valence-corrected chi connectivity index (χ0v) is 18.6. The SMILES string of the molecule is CC(=O)NC(Cc1cc(F)cc(F)c1)C(O)C1CCCC(CCc2ccccc2C(=O)O)N1. The molecule has 4 atom stereocenters. The van der Waals surface area contributed by atoms with Gasteiger partial charge in [0, 0.05) is 25.1 Å². The van der Waals surface area contributed by atoms with E-state index in [0.717, 1.165) is 24.5 Å². The number of amides is 1. The van der Waals surface area contributed by atoms with E-state index in [0.29, 0.717) is 24.8 Å². The largest absolute Gasteiger partial charge is 0.478 e. The molecule has 6 nitrogen and oxygen atoms in total. The topological polar surface area (TPSA) is 98.7 Å². The summed E-state index contributed by atoms with van der Waals surface area (Å²) in [6, 6.07) is 9.13. The van der Waals surface area contributed by atoms with Gasteiger partial charge >= 0.3 is 5.97 Å². The fourth-order valence-corrected chi connectivity index (χ4v) is 4.61. The predicted molar refractivity (Wildman–Crippen MR) is 120 cm³/mol. The smallest absolute Gasteiger partial charge is 0.335 e. The first-order valence-electron chi connectivity index (χ1n) is 11.2. The molecule has 0 aliphatic carbocycles. The van der Waals surface area contributed by atoms with Crippen molar-refractivity contribution >= 4 is 11.9 Å². The van der Waals surface area contributed by atoms with Crippen LogP contribution in [0.1, 0.15) is 54.1 Å². The Labute approximate surface area is 192 Å². The number of nitrogens with one attached hydrogen (secondary N) is 2. The normalized spacial score (nSPS) is 20.1. The van der Waals surface area contributed by atoms with Gasteiger partial charge in [-0.15, -0.1) is 0 Å². The second-order valence-electron chi connectivity index (χ2n) is 8.68. The minimum absolute atomic E-state index is 0.0739. The van der Waals surface area contributed by atoms with Crippen LogP contribution in [0.15, 0.2) is 42.5 Å². The van der Waals surface area contributed by atoms with Crippen molar-refractivity contribution in [2.75, 3.05) is 0 Å². The van der Waals surface area contributed by atoms with Crippen LogP contribution in [0.5, 0.6) is 0 Å². The van der Waals surface area contributed by atoms with Crippen molar-refractivity contribution in [3.63, 3.8) is 0 Å². The van der Waals surface area contributed by atoms with Crippen molar-refractivity contribution in [1.82, 2.24) is 10.6 Å². The maximum atomic E-state index is 13.6. The summed E-state index contributed by atoms with van der Waals surface area (Å²) >= 11 is 0. The molecule has 0 radical (unpaired) electrons. The van der Waals surface area contributed by atoms with Gasteiger partial charge in [0.2, 0.25) is 5.91 Å². The third-order valence-corrected chi connectivity index (χ3v) is 6.12. The molecule has 2 aromatic rings. The minimum atomic E-state index is -0.964. The third kappa shape index (κ3) is 7.07. The van der Waals surface area contributed by atoms with E-state index in [1.165, 1.54) is 19.1 Å². The summed E-state index contributed by atoms with van der Waals surface area (Å²) in [7, 11) is 0. The van der Waals surface area contributed by atoms with E-state index < -0.39 is 29.7 Å². The minimum Gasteiger partial charge on any atom is -0.478 e. The molecule has 178 valence electrons. The summed E-state index contributed by atoms with van der Waals surface area (Å²) in [6.07, 6.45) is 2.85. The Morgan fingerprint density at radius 3 is 2.52 bits per heavy atom. The average Bonchev–Trinajstić information content (AvgIpc) is 2.76. The first-order chi connectivity index (χ1) is 15.7. The second-order valence-corrected chi connectivity index (χ2v) is 8.68. The molecule has 0 aromatic heterocycles. The lowest BCUT2D eigenvalue weighted by Gasteiger charge is -2.37. The number of carbonyl (C=O) groups excluding carboxylic acids is 1. The van der Waals surface area contributed by atoms with E-state index in [9.17, 15) is 28.6 Å². The molecule has 1 aliphatic rings. The van der Waals surface area contributed by atoms with Crippen LogP contribution in [0.4, 0.5) is 8.78 Å². The molecular formula is C25H30F2N2O4. The molecule has 0 saturated carbocycles. The molecule has 3 rings (SSSR count). The zero-order valence-electron chi connectivity index (χ0n) is 18.6. The number of aliphatic hydroxyl groups is 1. The standard InChI is InChI=1S/C25H30F2N2O4/c1-15(30)28-23(13-16-11-18(26)14-19(27)12-16)24(31)22-8-4-6-20(29-22)10-9-17-5-2-3-7-21(17)25(32)33/h2-3,5,7,11-12,14,20,22-24,29,31H,4,6,8-10,13H2,1H3,(H,28,30)(H,32,33). The van der Waals surface area contributed by atoms with Gasteiger partial charge in [0.25, 0.3) is 0 Å². The van der Waals surface area contributed by atoms with E-state index in [1.807, 2.05) is 12.1 Å². The van der Waals surface area contributed by atoms with Gasteiger partial charge in [-0.25, -0.2) is 13.6 Å². The number of hydrogen-bond acceptors (Lipinski definition) is 4. The molecule has 1 amide bonds. The quantitative estimate of drug-likeness (QED) is 0.461. The summed E-state index contributed by atoms with van der Waals surface area (Å²) in [5.74, 6) is -2.71. The van der Waals surface area contributed by atoms with Crippen LogP contribution in [-0.2, 0) is 17.6 Å². The van der Waals surface area contributed by atoms with Gasteiger partial charge < -0.3 is 20.8 Å². The van der Waals surface area contributed by atoms with Gasteiger partial charge in [-0.2, -0.15) is 0 Å². The summed E-state index contributed by atoms with van der Waals surface area (Å²) in [6.45, 7) is 1.34. The van der Waals surface area contributed by atoms with E-state index in [4.69, 9.17) is 0 Å². The Balaban J connectivity index is 1.66. The fraction of sp³-hybridized carbons (Fsp3) is 0.440. The van der Waals surface area contributed by atoms with E-state index in [1.54, 1.807) is 12.1 Å². The maximum absolute atomic E-state index is 13.6. The number of benzene rings is 2. The number of aromatic carboxylic acids is 1. The monoisotopic (exact) mass is 460 g/mol. The number of carboxylic acid groups (broad SMARTS) is 1. The molecule has 8 heteroatoms. The van der Waals surface area contributed by atoms with Gasteiger partial charge in [-0.05, 0) is 61.4 Å². The number of rotatable bonds is 9. The molecule has 1 saturated heterocycles. The molecule has 0 bridgehead atoms. The molecule has 0 spiro atoms. The van der Waals surface area contributed by atoms with Crippen molar-refractivity contribution in [3.8, 4) is 0 Å². The average molecular weight is 461 g/mol. The maximum Gasteiger partial charge on any atom is 0.335 e. The van der Waals surface area contributed by atoms with Crippen LogP contribution in [0.3, 0.4) is 0 Å².